The molecule has 2 heteroatoms. The number of hydrogen-bond donors (Lipinski definition) is 1. The third-order valence-corrected chi connectivity index (χ3v) is 3.07. The molecule has 1 aliphatic heterocycles. The van der Waals surface area contributed by atoms with E-state index in [1.54, 1.807) is 0 Å². The van der Waals surface area contributed by atoms with Crippen LogP contribution in [0.5, 0.6) is 0 Å². The van der Waals surface area contributed by atoms with Gasteiger partial charge in [-0.1, -0.05) is 36.4 Å². The molecule has 1 saturated heterocycles. The molecule has 0 spiro atoms. The quantitative estimate of drug-likeness (QED) is 0.758. The smallest absolute Gasteiger partial charge is 0.0234 e. The van der Waals surface area contributed by atoms with Crippen molar-refractivity contribution in [3.63, 3.8) is 0 Å². The number of nitrogens with one attached hydrogen (secondary N) is 1. The molecular weight excluding hydrogens is 196 g/mol. The molecular formula is C14H20N2. The van der Waals surface area contributed by atoms with E-state index in [-0.39, 0.29) is 0 Å². The summed E-state index contributed by atoms with van der Waals surface area (Å²) in [6.07, 6.45) is 3.18. The normalized spacial score (nSPS) is 21.1. The molecule has 1 aliphatic rings. The molecule has 86 valence electrons. The molecule has 16 heavy (non-hydrogen) atoms. The molecule has 0 aromatic heterocycles. The maximum absolute atomic E-state index is 3.73. The van der Waals surface area contributed by atoms with Crippen LogP contribution in [0.2, 0.25) is 0 Å². The Morgan fingerprint density at radius 1 is 1.38 bits per heavy atom. The summed E-state index contributed by atoms with van der Waals surface area (Å²) in [7, 11) is 0. The second kappa shape index (κ2) is 5.83. The molecule has 1 fully saturated rings. The molecule has 0 aliphatic carbocycles. The highest BCUT2D eigenvalue weighted by Gasteiger charge is 2.21. The van der Waals surface area contributed by atoms with Crippen LogP contribution in [0.4, 0.5) is 0 Å². The van der Waals surface area contributed by atoms with Crippen molar-refractivity contribution in [2.45, 2.75) is 19.0 Å². The minimum Gasteiger partial charge on any atom is -0.309 e. The number of benzene rings is 1. The first-order chi connectivity index (χ1) is 7.88. The third-order valence-electron chi connectivity index (χ3n) is 3.07. The number of likely N-dealkylation sites (tertiary alicyclic amines) is 1. The molecule has 0 bridgehead atoms. The Labute approximate surface area is 98.0 Å². The standard InChI is InChI=1S/C14H20N2/c1-2-9-15-14-8-10-16(12-14)11-13-6-4-3-5-7-13/h2-7,14-15H,1,8-12H2. The molecule has 2 rings (SSSR count). The Hall–Kier alpha value is -1.12. The Morgan fingerprint density at radius 3 is 2.94 bits per heavy atom. The highest BCUT2D eigenvalue weighted by Crippen LogP contribution is 2.13. The van der Waals surface area contributed by atoms with E-state index >= 15 is 0 Å². The average molecular weight is 216 g/mol. The van der Waals surface area contributed by atoms with Crippen molar-refractivity contribution >= 4 is 0 Å². The summed E-state index contributed by atoms with van der Waals surface area (Å²) in [6, 6.07) is 11.3. The van der Waals surface area contributed by atoms with E-state index in [9.17, 15) is 0 Å². The van der Waals surface area contributed by atoms with Crippen LogP contribution in [-0.2, 0) is 6.54 Å². The zero-order valence-electron chi connectivity index (χ0n) is 9.73. The van der Waals surface area contributed by atoms with Crippen molar-refractivity contribution in [1.29, 1.82) is 0 Å². The van der Waals surface area contributed by atoms with Crippen LogP contribution in [0.1, 0.15) is 12.0 Å². The Morgan fingerprint density at radius 2 is 2.19 bits per heavy atom. The van der Waals surface area contributed by atoms with Crippen LogP contribution >= 0.6 is 0 Å². The maximum atomic E-state index is 3.73. The van der Waals surface area contributed by atoms with Gasteiger partial charge in [0.05, 0.1) is 0 Å². The second-order valence-electron chi connectivity index (χ2n) is 4.40. The lowest BCUT2D eigenvalue weighted by Gasteiger charge is -2.16. The average Bonchev–Trinajstić information content (AvgIpc) is 2.75. The summed E-state index contributed by atoms with van der Waals surface area (Å²) < 4.78 is 0. The second-order valence-corrected chi connectivity index (χ2v) is 4.40. The van der Waals surface area contributed by atoms with Gasteiger partial charge in [-0.05, 0) is 12.0 Å². The largest absolute Gasteiger partial charge is 0.309 e. The first-order valence-corrected chi connectivity index (χ1v) is 5.99. The van der Waals surface area contributed by atoms with Crippen molar-refractivity contribution in [3.05, 3.63) is 48.6 Å². The molecule has 0 saturated carbocycles. The topological polar surface area (TPSA) is 15.3 Å². The summed E-state index contributed by atoms with van der Waals surface area (Å²) in [4.78, 5) is 2.51. The van der Waals surface area contributed by atoms with Crippen LogP contribution in [-0.4, -0.2) is 30.6 Å². The summed E-state index contributed by atoms with van der Waals surface area (Å²) in [5.74, 6) is 0. The van der Waals surface area contributed by atoms with Gasteiger partial charge in [0, 0.05) is 32.2 Å². The van der Waals surface area contributed by atoms with Crippen molar-refractivity contribution < 1.29 is 0 Å². The number of nitrogens with zero attached hydrogens (tertiary/aromatic N) is 1. The molecule has 1 unspecified atom stereocenters. The van der Waals surface area contributed by atoms with E-state index in [2.05, 4.69) is 47.1 Å². The minimum absolute atomic E-state index is 0.640. The van der Waals surface area contributed by atoms with Gasteiger partial charge in [0.25, 0.3) is 0 Å². The molecule has 1 heterocycles. The van der Waals surface area contributed by atoms with Gasteiger partial charge in [0.1, 0.15) is 0 Å². The van der Waals surface area contributed by atoms with Gasteiger partial charge < -0.3 is 5.32 Å². The summed E-state index contributed by atoms with van der Waals surface area (Å²) in [5.41, 5.74) is 1.41. The van der Waals surface area contributed by atoms with E-state index in [4.69, 9.17) is 0 Å². The first kappa shape index (κ1) is 11.4. The van der Waals surface area contributed by atoms with E-state index < -0.39 is 0 Å². The van der Waals surface area contributed by atoms with Gasteiger partial charge in [-0.3, -0.25) is 4.90 Å². The van der Waals surface area contributed by atoms with Gasteiger partial charge in [-0.2, -0.15) is 0 Å². The predicted octanol–water partition coefficient (Wildman–Crippen LogP) is 2.04. The van der Waals surface area contributed by atoms with Crippen LogP contribution in [0.15, 0.2) is 43.0 Å². The summed E-state index contributed by atoms with van der Waals surface area (Å²) >= 11 is 0. The van der Waals surface area contributed by atoms with Crippen molar-refractivity contribution in [2.75, 3.05) is 19.6 Å². The van der Waals surface area contributed by atoms with Crippen molar-refractivity contribution in [1.82, 2.24) is 10.2 Å². The van der Waals surface area contributed by atoms with Gasteiger partial charge in [-0.15, -0.1) is 6.58 Å². The lowest BCUT2D eigenvalue weighted by Crippen LogP contribution is -2.32. The lowest BCUT2D eigenvalue weighted by molar-refractivity contribution is 0.321. The molecule has 2 nitrogen and oxygen atoms in total. The molecule has 1 aromatic rings. The summed E-state index contributed by atoms with van der Waals surface area (Å²) in [6.45, 7) is 8.08. The van der Waals surface area contributed by atoms with E-state index in [0.717, 1.165) is 19.6 Å². The Bertz CT molecular complexity index is 321. The van der Waals surface area contributed by atoms with E-state index in [0.29, 0.717) is 6.04 Å². The van der Waals surface area contributed by atoms with Gasteiger partial charge in [-0.25, -0.2) is 0 Å². The fourth-order valence-corrected chi connectivity index (χ4v) is 2.23. The van der Waals surface area contributed by atoms with Gasteiger partial charge >= 0.3 is 0 Å². The highest BCUT2D eigenvalue weighted by molar-refractivity contribution is 5.14. The van der Waals surface area contributed by atoms with Gasteiger partial charge in [0.2, 0.25) is 0 Å². The molecule has 1 N–H and O–H groups in total. The molecule has 1 atom stereocenters. The zero-order chi connectivity index (χ0) is 11.2. The minimum atomic E-state index is 0.640. The van der Waals surface area contributed by atoms with Crippen LogP contribution in [0.3, 0.4) is 0 Å². The first-order valence-electron chi connectivity index (χ1n) is 5.99. The SMILES string of the molecule is C=CCNC1CCN(Cc2ccccc2)C1. The fourth-order valence-electron chi connectivity index (χ4n) is 2.23. The van der Waals surface area contributed by atoms with Crippen LogP contribution in [0, 0.1) is 0 Å². The van der Waals surface area contributed by atoms with E-state index in [1.165, 1.54) is 18.5 Å². The summed E-state index contributed by atoms with van der Waals surface area (Å²) in [5, 5.41) is 3.49. The number of hydrogen-bond acceptors (Lipinski definition) is 2. The monoisotopic (exact) mass is 216 g/mol. The molecule has 0 amide bonds. The van der Waals surface area contributed by atoms with Crippen molar-refractivity contribution in [2.24, 2.45) is 0 Å². The highest BCUT2D eigenvalue weighted by atomic mass is 15.2. The number of rotatable bonds is 5. The lowest BCUT2D eigenvalue weighted by atomic mass is 10.2. The van der Waals surface area contributed by atoms with Crippen LogP contribution in [0.25, 0.3) is 0 Å². The third kappa shape index (κ3) is 3.19. The van der Waals surface area contributed by atoms with Gasteiger partial charge in [0.15, 0.2) is 0 Å². The Kier molecular flexibility index (Phi) is 4.14. The molecule has 1 aromatic carbocycles. The Balaban J connectivity index is 1.78. The molecule has 0 radical (unpaired) electrons. The fraction of sp³-hybridized carbons (Fsp3) is 0.429. The zero-order valence-corrected chi connectivity index (χ0v) is 9.73. The van der Waals surface area contributed by atoms with Crippen LogP contribution < -0.4 is 5.32 Å². The predicted molar refractivity (Wildman–Crippen MR) is 68.3 cm³/mol. The van der Waals surface area contributed by atoms with E-state index in [1.807, 2.05) is 6.08 Å². The maximum Gasteiger partial charge on any atom is 0.0234 e. The van der Waals surface area contributed by atoms with Crippen molar-refractivity contribution in [3.8, 4) is 0 Å².